The summed E-state index contributed by atoms with van der Waals surface area (Å²) in [6, 6.07) is -0.801. The van der Waals surface area contributed by atoms with E-state index in [0.29, 0.717) is 19.3 Å². The summed E-state index contributed by atoms with van der Waals surface area (Å²) >= 11 is 0. The normalized spacial score (nSPS) is 13.7. The van der Waals surface area contributed by atoms with Crippen molar-refractivity contribution >= 4 is 12.1 Å². The van der Waals surface area contributed by atoms with Gasteiger partial charge in [0.05, 0.1) is 12.1 Å². The number of aromatic nitrogens is 2. The molecule has 0 fully saturated rings. The number of aromatic carboxylic acids is 1. The van der Waals surface area contributed by atoms with Gasteiger partial charge in [-0.1, -0.05) is 0 Å². The molecule has 0 aliphatic carbocycles. The monoisotopic (exact) mass is 399 g/mol. The molecule has 1 aromatic rings. The first-order valence-electron chi connectivity index (χ1n) is 8.93. The van der Waals surface area contributed by atoms with Crippen LogP contribution in [0.25, 0.3) is 0 Å². The van der Waals surface area contributed by atoms with Crippen molar-refractivity contribution in [3.63, 3.8) is 0 Å². The number of hydrogen-bond acceptors (Lipinski definition) is 7. The highest BCUT2D eigenvalue weighted by Crippen LogP contribution is 2.26. The molecule has 0 aliphatic rings. The molecule has 0 aliphatic heterocycles. The van der Waals surface area contributed by atoms with E-state index in [1.165, 1.54) is 19.0 Å². The Morgan fingerprint density at radius 3 is 2.32 bits per heavy atom. The predicted molar refractivity (Wildman–Crippen MR) is 100 cm³/mol. The van der Waals surface area contributed by atoms with Gasteiger partial charge in [0.15, 0.2) is 5.69 Å². The molecular weight excluding hydrogens is 370 g/mol. The molecule has 0 bridgehead atoms. The van der Waals surface area contributed by atoms with E-state index >= 15 is 0 Å². The van der Waals surface area contributed by atoms with Crippen molar-refractivity contribution in [3.05, 3.63) is 21.9 Å². The highest BCUT2D eigenvalue weighted by molar-refractivity contribution is 5.88. The third-order valence-corrected chi connectivity index (χ3v) is 4.05. The van der Waals surface area contributed by atoms with Crippen LogP contribution >= 0.6 is 0 Å². The highest BCUT2D eigenvalue weighted by Gasteiger charge is 2.31. The lowest BCUT2D eigenvalue weighted by molar-refractivity contribution is 0.0196. The number of rotatable bonds is 7. The van der Waals surface area contributed by atoms with Gasteiger partial charge in [0, 0.05) is 14.1 Å². The van der Waals surface area contributed by atoms with E-state index in [0.717, 1.165) is 4.57 Å². The van der Waals surface area contributed by atoms with Crippen LogP contribution in [0.5, 0.6) is 5.75 Å². The first-order valence-corrected chi connectivity index (χ1v) is 8.93. The van der Waals surface area contributed by atoms with E-state index in [4.69, 9.17) is 4.74 Å². The third-order valence-electron chi connectivity index (χ3n) is 4.05. The number of ether oxygens (including phenoxy) is 1. The fraction of sp³-hybridized carbons (Fsp3) is 0.667. The number of hydrogen-bond donors (Lipinski definition) is 3. The fourth-order valence-corrected chi connectivity index (χ4v) is 2.62. The largest absolute Gasteiger partial charge is 0.501 e. The zero-order valence-corrected chi connectivity index (χ0v) is 17.1. The molecule has 2 atom stereocenters. The molecule has 1 amide bonds. The standard InChI is InChI=1S/C18H29N3O7/c1-10(22)8-7-9-11(20(5)17(27)28-18(2,3)4)14-19-12(16(25)26)13(23)15(24)21(14)6/h10-11,22-23H,7-9H2,1-6H3,(H,25,26). The smallest absolute Gasteiger partial charge is 0.410 e. The first-order chi connectivity index (χ1) is 12.8. The van der Waals surface area contributed by atoms with Crippen LogP contribution in [-0.4, -0.2) is 60.6 Å². The van der Waals surface area contributed by atoms with Crippen molar-refractivity contribution in [2.45, 2.75) is 64.7 Å². The van der Waals surface area contributed by atoms with E-state index in [1.807, 2.05) is 0 Å². The molecule has 2 unspecified atom stereocenters. The number of aliphatic hydroxyl groups is 1. The Labute approximate surface area is 163 Å². The van der Waals surface area contributed by atoms with Gasteiger partial charge in [-0.2, -0.15) is 0 Å². The number of carbonyl (C=O) groups excluding carboxylic acids is 1. The number of amides is 1. The summed E-state index contributed by atoms with van der Waals surface area (Å²) < 4.78 is 6.37. The van der Waals surface area contributed by atoms with Crippen molar-refractivity contribution in [1.82, 2.24) is 14.5 Å². The molecule has 1 rings (SSSR count). The second-order valence-corrected chi connectivity index (χ2v) is 7.72. The molecule has 158 valence electrons. The van der Waals surface area contributed by atoms with Crippen LogP contribution < -0.4 is 5.56 Å². The lowest BCUT2D eigenvalue weighted by atomic mass is 10.1. The minimum absolute atomic E-state index is 0.000785. The summed E-state index contributed by atoms with van der Waals surface area (Å²) in [5, 5.41) is 28.5. The van der Waals surface area contributed by atoms with Crippen molar-refractivity contribution < 1.29 is 29.6 Å². The summed E-state index contributed by atoms with van der Waals surface area (Å²) in [4.78, 5) is 41.3. The van der Waals surface area contributed by atoms with Crippen LogP contribution in [0.1, 0.15) is 69.3 Å². The topological polar surface area (TPSA) is 142 Å². The minimum atomic E-state index is -1.56. The Morgan fingerprint density at radius 1 is 1.29 bits per heavy atom. The van der Waals surface area contributed by atoms with Gasteiger partial charge < -0.3 is 25.0 Å². The maximum Gasteiger partial charge on any atom is 0.410 e. The van der Waals surface area contributed by atoms with Gasteiger partial charge in [-0.25, -0.2) is 14.6 Å². The van der Waals surface area contributed by atoms with Crippen LogP contribution in [0.4, 0.5) is 4.79 Å². The maximum atomic E-state index is 12.5. The van der Waals surface area contributed by atoms with Gasteiger partial charge in [-0.3, -0.25) is 9.36 Å². The van der Waals surface area contributed by atoms with Gasteiger partial charge >= 0.3 is 12.1 Å². The van der Waals surface area contributed by atoms with E-state index in [-0.39, 0.29) is 5.82 Å². The van der Waals surface area contributed by atoms with Crippen molar-refractivity contribution in [1.29, 1.82) is 0 Å². The molecular formula is C18H29N3O7. The molecule has 0 spiro atoms. The Kier molecular flexibility index (Phi) is 7.57. The third kappa shape index (κ3) is 5.95. The number of aromatic hydroxyl groups is 1. The van der Waals surface area contributed by atoms with Crippen LogP contribution in [0.3, 0.4) is 0 Å². The number of carbonyl (C=O) groups is 2. The number of nitrogens with zero attached hydrogens (tertiary/aromatic N) is 3. The Morgan fingerprint density at radius 2 is 1.86 bits per heavy atom. The average Bonchev–Trinajstić information content (AvgIpc) is 2.55. The second-order valence-electron chi connectivity index (χ2n) is 7.72. The summed E-state index contributed by atoms with van der Waals surface area (Å²) in [6.45, 7) is 6.75. The lowest BCUT2D eigenvalue weighted by Gasteiger charge is -2.31. The van der Waals surface area contributed by atoms with Crippen molar-refractivity contribution in [2.24, 2.45) is 7.05 Å². The zero-order chi connectivity index (χ0) is 21.8. The summed E-state index contributed by atoms with van der Waals surface area (Å²) in [7, 11) is 2.79. The van der Waals surface area contributed by atoms with E-state index in [1.54, 1.807) is 27.7 Å². The highest BCUT2D eigenvalue weighted by atomic mass is 16.6. The Balaban J connectivity index is 3.41. The molecule has 0 radical (unpaired) electrons. The van der Waals surface area contributed by atoms with Crippen LogP contribution in [0.2, 0.25) is 0 Å². The first kappa shape index (κ1) is 23.4. The molecule has 1 heterocycles. The van der Waals surface area contributed by atoms with Gasteiger partial charge in [0.25, 0.3) is 5.56 Å². The van der Waals surface area contributed by atoms with E-state index in [2.05, 4.69) is 4.98 Å². The Hall–Kier alpha value is -2.62. The summed E-state index contributed by atoms with van der Waals surface area (Å²) in [5.74, 6) is -2.53. The number of carboxylic acid groups (broad SMARTS) is 1. The predicted octanol–water partition coefficient (Wildman–Crippen LogP) is 1.64. The summed E-state index contributed by atoms with van der Waals surface area (Å²) in [5.41, 5.74) is -2.47. The van der Waals surface area contributed by atoms with E-state index in [9.17, 15) is 29.7 Å². The SMILES string of the molecule is CC(O)CCCC(c1nc(C(=O)O)c(O)c(=O)n1C)N(C)C(=O)OC(C)(C)C. The van der Waals surface area contributed by atoms with Crippen LogP contribution in [0, 0.1) is 0 Å². The molecule has 10 nitrogen and oxygen atoms in total. The van der Waals surface area contributed by atoms with E-state index < -0.39 is 46.8 Å². The molecule has 0 saturated carbocycles. The number of carboxylic acids is 1. The minimum Gasteiger partial charge on any atom is -0.501 e. The summed E-state index contributed by atoms with van der Waals surface area (Å²) in [6.07, 6.45) is -0.0111. The maximum absolute atomic E-state index is 12.5. The molecule has 0 aromatic carbocycles. The lowest BCUT2D eigenvalue weighted by Crippen LogP contribution is -2.39. The second kappa shape index (κ2) is 9.05. The molecule has 10 heteroatoms. The fourth-order valence-electron chi connectivity index (χ4n) is 2.62. The average molecular weight is 399 g/mol. The van der Waals surface area contributed by atoms with Gasteiger partial charge in [-0.15, -0.1) is 0 Å². The van der Waals surface area contributed by atoms with Crippen LogP contribution in [0.15, 0.2) is 4.79 Å². The van der Waals surface area contributed by atoms with Gasteiger partial charge in [-0.05, 0) is 47.0 Å². The van der Waals surface area contributed by atoms with Crippen molar-refractivity contribution in [2.75, 3.05) is 7.05 Å². The zero-order valence-electron chi connectivity index (χ0n) is 17.1. The molecule has 3 N–H and O–H groups in total. The van der Waals surface area contributed by atoms with Crippen molar-refractivity contribution in [3.8, 4) is 5.75 Å². The molecule has 0 saturated heterocycles. The Bertz CT molecular complexity index is 781. The van der Waals surface area contributed by atoms with Gasteiger partial charge in [0.2, 0.25) is 5.75 Å². The van der Waals surface area contributed by atoms with Gasteiger partial charge in [0.1, 0.15) is 11.4 Å². The van der Waals surface area contributed by atoms with Crippen LogP contribution in [-0.2, 0) is 11.8 Å². The quantitative estimate of drug-likeness (QED) is 0.628. The number of aliphatic hydroxyl groups excluding tert-OH is 1. The molecule has 1 aromatic heterocycles. The molecule has 28 heavy (non-hydrogen) atoms.